The molecule has 0 fully saturated rings. The lowest BCUT2D eigenvalue weighted by Gasteiger charge is -2.08. The van der Waals surface area contributed by atoms with Crippen LogP contribution in [0.2, 0.25) is 0 Å². The lowest BCUT2D eigenvalue weighted by molar-refractivity contribution is 0.0950. The third-order valence-corrected chi connectivity index (χ3v) is 3.23. The Hall–Kier alpha value is -2.27. The van der Waals surface area contributed by atoms with Gasteiger partial charge in [0.1, 0.15) is 11.6 Å². The molecule has 0 spiro atoms. The van der Waals surface area contributed by atoms with Crippen LogP contribution in [0.25, 0.3) is 0 Å². The fourth-order valence-electron chi connectivity index (χ4n) is 1.87. The Bertz CT molecular complexity index is 671. The Labute approximate surface area is 121 Å². The van der Waals surface area contributed by atoms with Gasteiger partial charge in [-0.2, -0.15) is 0 Å². The molecule has 0 aliphatic rings. The van der Waals surface area contributed by atoms with E-state index in [2.05, 4.69) is 5.32 Å². The number of benzene rings is 2. The maximum atomic E-state index is 13.7. The van der Waals surface area contributed by atoms with Crippen LogP contribution in [0, 0.1) is 18.6 Å². The zero-order valence-corrected chi connectivity index (χ0v) is 11.6. The molecule has 0 atom stereocenters. The predicted octanol–water partition coefficient (Wildman–Crippen LogP) is 2.66. The summed E-state index contributed by atoms with van der Waals surface area (Å²) in [6.07, 6.45) is 0. The monoisotopic (exact) mass is 290 g/mol. The lowest BCUT2D eigenvalue weighted by atomic mass is 10.1. The van der Waals surface area contributed by atoms with Crippen LogP contribution >= 0.6 is 0 Å². The highest BCUT2D eigenvalue weighted by molar-refractivity contribution is 5.94. The van der Waals surface area contributed by atoms with Crippen molar-refractivity contribution in [2.75, 3.05) is 0 Å². The third-order valence-electron chi connectivity index (χ3n) is 3.23. The second kappa shape index (κ2) is 6.45. The van der Waals surface area contributed by atoms with E-state index >= 15 is 0 Å². The normalized spacial score (nSPS) is 10.5. The molecule has 2 rings (SSSR count). The molecule has 0 aromatic heterocycles. The molecule has 21 heavy (non-hydrogen) atoms. The summed E-state index contributed by atoms with van der Waals surface area (Å²) in [7, 11) is 0. The van der Waals surface area contributed by atoms with Crippen LogP contribution in [0.3, 0.4) is 0 Å². The Kier molecular flexibility index (Phi) is 4.65. The summed E-state index contributed by atoms with van der Waals surface area (Å²) in [5.41, 5.74) is 7.13. The van der Waals surface area contributed by atoms with Gasteiger partial charge in [0, 0.05) is 24.2 Å². The molecule has 0 saturated heterocycles. The first-order chi connectivity index (χ1) is 10.0. The van der Waals surface area contributed by atoms with E-state index in [4.69, 9.17) is 5.73 Å². The molecule has 0 unspecified atom stereocenters. The summed E-state index contributed by atoms with van der Waals surface area (Å²) in [6.45, 7) is 1.91. The van der Waals surface area contributed by atoms with E-state index in [1.807, 2.05) is 0 Å². The molecule has 2 aromatic carbocycles. The van der Waals surface area contributed by atoms with E-state index in [1.165, 1.54) is 24.3 Å². The van der Waals surface area contributed by atoms with E-state index in [0.717, 1.165) is 0 Å². The molecule has 0 aliphatic carbocycles. The highest BCUT2D eigenvalue weighted by atomic mass is 19.1. The van der Waals surface area contributed by atoms with E-state index in [-0.39, 0.29) is 18.7 Å². The molecule has 3 N–H and O–H groups in total. The molecule has 0 bridgehead atoms. The zero-order chi connectivity index (χ0) is 15.4. The van der Waals surface area contributed by atoms with Gasteiger partial charge in [0.25, 0.3) is 5.91 Å². The van der Waals surface area contributed by atoms with Crippen molar-refractivity contribution in [2.24, 2.45) is 5.73 Å². The molecular weight excluding hydrogens is 274 g/mol. The minimum Gasteiger partial charge on any atom is -0.348 e. The molecule has 0 aliphatic heterocycles. The second-order valence-electron chi connectivity index (χ2n) is 4.78. The van der Waals surface area contributed by atoms with Crippen molar-refractivity contribution in [2.45, 2.75) is 20.0 Å². The summed E-state index contributed by atoms with van der Waals surface area (Å²) in [5, 5.41) is 2.56. The van der Waals surface area contributed by atoms with Crippen LogP contribution in [0.15, 0.2) is 36.4 Å². The maximum Gasteiger partial charge on any atom is 0.251 e. The number of carbonyl (C=O) groups excluding carboxylic acids is 1. The van der Waals surface area contributed by atoms with Crippen molar-refractivity contribution in [3.63, 3.8) is 0 Å². The van der Waals surface area contributed by atoms with Gasteiger partial charge >= 0.3 is 0 Å². The SMILES string of the molecule is Cc1ccc(C(=O)NCc2ccc(CN)cc2F)cc1F. The number of aryl methyl sites for hydroxylation is 1. The molecule has 5 heteroatoms. The first kappa shape index (κ1) is 15.1. The molecule has 0 radical (unpaired) electrons. The number of hydrogen-bond acceptors (Lipinski definition) is 2. The molecular formula is C16H16F2N2O. The van der Waals surface area contributed by atoms with Gasteiger partial charge in [-0.3, -0.25) is 4.79 Å². The molecule has 0 heterocycles. The van der Waals surface area contributed by atoms with Gasteiger partial charge < -0.3 is 11.1 Å². The van der Waals surface area contributed by atoms with Crippen LogP contribution in [0.4, 0.5) is 8.78 Å². The van der Waals surface area contributed by atoms with Gasteiger partial charge in [-0.05, 0) is 36.2 Å². The standard InChI is InChI=1S/C16H16F2N2O/c1-10-2-4-12(7-14(10)17)16(21)20-9-13-5-3-11(8-19)6-15(13)18/h2-7H,8-9,19H2,1H3,(H,20,21). The van der Waals surface area contributed by atoms with Crippen molar-refractivity contribution >= 4 is 5.91 Å². The summed E-state index contributed by atoms with van der Waals surface area (Å²) < 4.78 is 27.1. The van der Waals surface area contributed by atoms with Crippen molar-refractivity contribution in [1.82, 2.24) is 5.32 Å². The quantitative estimate of drug-likeness (QED) is 0.909. The summed E-state index contributed by atoms with van der Waals surface area (Å²) >= 11 is 0. The highest BCUT2D eigenvalue weighted by Gasteiger charge is 2.09. The van der Waals surface area contributed by atoms with E-state index in [1.54, 1.807) is 19.1 Å². The van der Waals surface area contributed by atoms with E-state index in [0.29, 0.717) is 16.7 Å². The molecule has 1 amide bonds. The number of hydrogen-bond donors (Lipinski definition) is 2. The number of amides is 1. The second-order valence-corrected chi connectivity index (χ2v) is 4.78. The van der Waals surface area contributed by atoms with Crippen molar-refractivity contribution in [3.05, 3.63) is 70.3 Å². The summed E-state index contributed by atoms with van der Waals surface area (Å²) in [6, 6.07) is 8.84. The van der Waals surface area contributed by atoms with Gasteiger partial charge in [0.2, 0.25) is 0 Å². The minimum absolute atomic E-state index is 0.0328. The van der Waals surface area contributed by atoms with Crippen molar-refractivity contribution in [3.8, 4) is 0 Å². The summed E-state index contributed by atoms with van der Waals surface area (Å²) in [4.78, 5) is 11.9. The first-order valence-electron chi connectivity index (χ1n) is 6.53. The Balaban J connectivity index is 2.05. The van der Waals surface area contributed by atoms with Crippen LogP contribution < -0.4 is 11.1 Å². The topological polar surface area (TPSA) is 55.1 Å². The molecule has 0 saturated carbocycles. The van der Waals surface area contributed by atoms with Crippen LogP contribution in [-0.2, 0) is 13.1 Å². The fraction of sp³-hybridized carbons (Fsp3) is 0.188. The van der Waals surface area contributed by atoms with Gasteiger partial charge in [-0.1, -0.05) is 18.2 Å². The predicted molar refractivity (Wildman–Crippen MR) is 76.6 cm³/mol. The van der Waals surface area contributed by atoms with Crippen LogP contribution in [-0.4, -0.2) is 5.91 Å². The number of carbonyl (C=O) groups is 1. The van der Waals surface area contributed by atoms with Gasteiger partial charge in [-0.15, -0.1) is 0 Å². The lowest BCUT2D eigenvalue weighted by Crippen LogP contribution is -2.23. The van der Waals surface area contributed by atoms with Gasteiger partial charge in [0.15, 0.2) is 0 Å². The van der Waals surface area contributed by atoms with Crippen LogP contribution in [0.5, 0.6) is 0 Å². The third kappa shape index (κ3) is 3.64. The van der Waals surface area contributed by atoms with Crippen LogP contribution in [0.1, 0.15) is 27.0 Å². The minimum atomic E-state index is -0.448. The van der Waals surface area contributed by atoms with Crippen molar-refractivity contribution < 1.29 is 13.6 Å². The Morgan fingerprint density at radius 2 is 1.90 bits per heavy atom. The zero-order valence-electron chi connectivity index (χ0n) is 11.6. The van der Waals surface area contributed by atoms with Gasteiger partial charge in [-0.25, -0.2) is 8.78 Å². The van der Waals surface area contributed by atoms with E-state index in [9.17, 15) is 13.6 Å². The highest BCUT2D eigenvalue weighted by Crippen LogP contribution is 2.12. The first-order valence-corrected chi connectivity index (χ1v) is 6.53. The maximum absolute atomic E-state index is 13.7. The Morgan fingerprint density at radius 1 is 1.14 bits per heavy atom. The molecule has 110 valence electrons. The van der Waals surface area contributed by atoms with E-state index < -0.39 is 17.5 Å². The largest absolute Gasteiger partial charge is 0.348 e. The number of nitrogens with two attached hydrogens (primary N) is 1. The number of rotatable bonds is 4. The summed E-state index contributed by atoms with van der Waals surface area (Å²) in [5.74, 6) is -1.31. The van der Waals surface area contributed by atoms with Gasteiger partial charge in [0.05, 0.1) is 0 Å². The average Bonchev–Trinajstić information content (AvgIpc) is 2.48. The number of halogens is 2. The number of nitrogens with one attached hydrogen (secondary N) is 1. The van der Waals surface area contributed by atoms with Crippen molar-refractivity contribution in [1.29, 1.82) is 0 Å². The average molecular weight is 290 g/mol. The molecule has 3 nitrogen and oxygen atoms in total. The Morgan fingerprint density at radius 3 is 2.52 bits per heavy atom. The molecule has 2 aromatic rings. The fourth-order valence-corrected chi connectivity index (χ4v) is 1.87. The smallest absolute Gasteiger partial charge is 0.251 e.